The van der Waals surface area contributed by atoms with Crippen LogP contribution < -0.4 is 14.5 Å². The van der Waals surface area contributed by atoms with Gasteiger partial charge in [-0.3, -0.25) is 9.59 Å². The fraction of sp³-hybridized carbons (Fsp3) is 0.571. The monoisotopic (exact) mass is 506 g/mol. The van der Waals surface area contributed by atoms with E-state index in [-0.39, 0.29) is 17.9 Å². The van der Waals surface area contributed by atoms with Gasteiger partial charge in [-0.1, -0.05) is 12.1 Å². The summed E-state index contributed by atoms with van der Waals surface area (Å²) in [7, 11) is 0. The van der Waals surface area contributed by atoms with Crippen molar-refractivity contribution in [3.05, 3.63) is 41.1 Å². The Morgan fingerprint density at radius 1 is 1.08 bits per heavy atom. The number of piperazine rings is 1. The number of amides is 2. The summed E-state index contributed by atoms with van der Waals surface area (Å²) in [5.74, 6) is 2.47. The van der Waals surface area contributed by atoms with Crippen LogP contribution in [0, 0.1) is 0 Å². The smallest absolute Gasteiger partial charge is 0.273 e. The lowest BCUT2D eigenvalue weighted by Crippen LogP contribution is -2.48. The molecule has 9 heteroatoms. The van der Waals surface area contributed by atoms with E-state index in [4.69, 9.17) is 14.7 Å². The summed E-state index contributed by atoms with van der Waals surface area (Å²) in [6.45, 7) is 12.4. The van der Waals surface area contributed by atoms with Crippen molar-refractivity contribution in [1.29, 1.82) is 0 Å². The lowest BCUT2D eigenvalue weighted by atomic mass is 10.0. The molecule has 37 heavy (non-hydrogen) atoms. The number of fused-ring (bicyclic) bond motifs is 1. The summed E-state index contributed by atoms with van der Waals surface area (Å²) in [6.07, 6.45) is 3.09. The summed E-state index contributed by atoms with van der Waals surface area (Å²) in [4.78, 5) is 43.4. The zero-order chi connectivity index (χ0) is 26.1. The quantitative estimate of drug-likeness (QED) is 0.571. The Morgan fingerprint density at radius 3 is 2.46 bits per heavy atom. The number of benzene rings is 1. The number of aromatic nitrogens is 2. The van der Waals surface area contributed by atoms with Gasteiger partial charge in [-0.25, -0.2) is 4.98 Å². The molecule has 9 nitrogen and oxygen atoms in total. The van der Waals surface area contributed by atoms with E-state index in [1.165, 1.54) is 5.56 Å². The lowest BCUT2D eigenvalue weighted by Gasteiger charge is -2.35. The molecule has 1 unspecified atom stereocenters. The van der Waals surface area contributed by atoms with Gasteiger partial charge >= 0.3 is 0 Å². The molecule has 1 aromatic carbocycles. The van der Waals surface area contributed by atoms with Crippen LogP contribution in [0.5, 0.6) is 5.75 Å². The van der Waals surface area contributed by atoms with Crippen LogP contribution in [-0.4, -0.2) is 83.0 Å². The highest BCUT2D eigenvalue weighted by Crippen LogP contribution is 2.36. The first-order valence-corrected chi connectivity index (χ1v) is 13.6. The van der Waals surface area contributed by atoms with Crippen molar-refractivity contribution in [2.75, 3.05) is 49.1 Å². The average molecular weight is 507 g/mol. The highest BCUT2D eigenvalue weighted by molar-refractivity contribution is 5.98. The molecule has 2 fully saturated rings. The van der Waals surface area contributed by atoms with Gasteiger partial charge in [0, 0.05) is 57.3 Å². The predicted molar refractivity (Wildman–Crippen MR) is 143 cm³/mol. The van der Waals surface area contributed by atoms with Crippen molar-refractivity contribution in [2.45, 2.75) is 65.6 Å². The van der Waals surface area contributed by atoms with Crippen LogP contribution in [0.3, 0.4) is 0 Å². The van der Waals surface area contributed by atoms with Crippen molar-refractivity contribution < 1.29 is 14.3 Å². The SMILES string of the molecule is CCOc1ccc(CC2CCCN2c2nc(N3CCN(C(C)=O)CC3)nc3c2CN(C(C)C)C3=O)cc1. The third-order valence-corrected chi connectivity index (χ3v) is 7.75. The Labute approximate surface area is 219 Å². The predicted octanol–water partition coefficient (Wildman–Crippen LogP) is 3.12. The van der Waals surface area contributed by atoms with Crippen molar-refractivity contribution >= 4 is 23.6 Å². The molecule has 2 amide bonds. The van der Waals surface area contributed by atoms with Gasteiger partial charge in [0.1, 0.15) is 17.3 Å². The lowest BCUT2D eigenvalue weighted by molar-refractivity contribution is -0.129. The molecule has 0 aliphatic carbocycles. The van der Waals surface area contributed by atoms with Crippen LogP contribution in [-0.2, 0) is 17.8 Å². The molecule has 0 bridgehead atoms. The van der Waals surface area contributed by atoms with E-state index in [9.17, 15) is 9.59 Å². The molecule has 0 N–H and O–H groups in total. The number of carbonyl (C=O) groups is 2. The second-order valence-electron chi connectivity index (χ2n) is 10.5. The van der Waals surface area contributed by atoms with Crippen LogP contribution in [0.25, 0.3) is 0 Å². The second kappa shape index (κ2) is 10.6. The van der Waals surface area contributed by atoms with E-state index >= 15 is 0 Å². The first-order chi connectivity index (χ1) is 17.9. The van der Waals surface area contributed by atoms with Crippen molar-refractivity contribution in [2.24, 2.45) is 0 Å². The number of carbonyl (C=O) groups excluding carboxylic acids is 2. The molecule has 3 aliphatic rings. The van der Waals surface area contributed by atoms with Crippen molar-refractivity contribution in [1.82, 2.24) is 19.8 Å². The molecule has 1 aromatic heterocycles. The van der Waals surface area contributed by atoms with Crippen LogP contribution >= 0.6 is 0 Å². The van der Waals surface area contributed by atoms with Gasteiger partial charge in [0.15, 0.2) is 0 Å². The number of ether oxygens (including phenoxy) is 1. The molecule has 4 heterocycles. The summed E-state index contributed by atoms with van der Waals surface area (Å²) in [5.41, 5.74) is 2.75. The largest absolute Gasteiger partial charge is 0.494 e. The van der Waals surface area contributed by atoms with Gasteiger partial charge < -0.3 is 24.3 Å². The Hall–Kier alpha value is -3.36. The van der Waals surface area contributed by atoms with Gasteiger partial charge in [-0.2, -0.15) is 4.98 Å². The minimum atomic E-state index is -0.0143. The Kier molecular flexibility index (Phi) is 7.22. The van der Waals surface area contributed by atoms with Crippen LogP contribution in [0.1, 0.15) is 62.2 Å². The fourth-order valence-electron chi connectivity index (χ4n) is 5.67. The Morgan fingerprint density at radius 2 is 1.81 bits per heavy atom. The van der Waals surface area contributed by atoms with Gasteiger partial charge in [0.2, 0.25) is 11.9 Å². The number of hydrogen-bond donors (Lipinski definition) is 0. The van der Waals surface area contributed by atoms with Crippen LogP contribution in [0.4, 0.5) is 11.8 Å². The second-order valence-corrected chi connectivity index (χ2v) is 10.5. The summed E-state index contributed by atoms with van der Waals surface area (Å²) >= 11 is 0. The van der Waals surface area contributed by atoms with E-state index in [1.807, 2.05) is 42.7 Å². The molecule has 0 saturated carbocycles. The van der Waals surface area contributed by atoms with Gasteiger partial charge in [-0.15, -0.1) is 0 Å². The van der Waals surface area contributed by atoms with Crippen LogP contribution in [0.15, 0.2) is 24.3 Å². The van der Waals surface area contributed by atoms with Gasteiger partial charge in [0.05, 0.1) is 13.2 Å². The van der Waals surface area contributed by atoms with Crippen molar-refractivity contribution in [3.8, 4) is 5.75 Å². The Balaban J connectivity index is 1.45. The number of anilines is 2. The highest BCUT2D eigenvalue weighted by atomic mass is 16.5. The molecule has 0 spiro atoms. The first-order valence-electron chi connectivity index (χ1n) is 13.6. The zero-order valence-corrected chi connectivity index (χ0v) is 22.4. The Bertz CT molecular complexity index is 1140. The maximum atomic E-state index is 13.4. The maximum absolute atomic E-state index is 13.4. The minimum absolute atomic E-state index is 0.0143. The number of rotatable bonds is 7. The number of hydrogen-bond acceptors (Lipinski definition) is 7. The highest BCUT2D eigenvalue weighted by Gasteiger charge is 2.38. The van der Waals surface area contributed by atoms with E-state index < -0.39 is 0 Å². The third-order valence-electron chi connectivity index (χ3n) is 7.75. The topological polar surface area (TPSA) is 82.1 Å². The molecular weight excluding hydrogens is 468 g/mol. The summed E-state index contributed by atoms with van der Waals surface area (Å²) in [6, 6.07) is 8.78. The van der Waals surface area contributed by atoms with Crippen LogP contribution in [0.2, 0.25) is 0 Å². The molecule has 0 radical (unpaired) electrons. The fourth-order valence-corrected chi connectivity index (χ4v) is 5.67. The first kappa shape index (κ1) is 25.3. The van der Waals surface area contributed by atoms with E-state index in [1.54, 1.807) is 6.92 Å². The normalized spacial score (nSPS) is 19.7. The van der Waals surface area contributed by atoms with E-state index in [2.05, 4.69) is 21.9 Å². The molecule has 2 aromatic rings. The summed E-state index contributed by atoms with van der Waals surface area (Å²) < 4.78 is 5.61. The molecule has 5 rings (SSSR count). The van der Waals surface area contributed by atoms with E-state index in [0.717, 1.165) is 42.9 Å². The average Bonchev–Trinajstić information content (AvgIpc) is 3.49. The summed E-state index contributed by atoms with van der Waals surface area (Å²) in [5, 5.41) is 0. The standard InChI is InChI=1S/C28H38N6O3/c1-5-37-23-10-8-21(9-11-23)17-22-7-6-12-33(22)26-24-18-34(19(2)3)27(36)25(24)29-28(30-26)32-15-13-31(14-16-32)20(4)35/h8-11,19,22H,5-7,12-18H2,1-4H3. The van der Waals surface area contributed by atoms with Gasteiger partial charge in [-0.05, 0) is 57.7 Å². The zero-order valence-electron chi connectivity index (χ0n) is 22.4. The third kappa shape index (κ3) is 5.08. The molecular formula is C28H38N6O3. The van der Waals surface area contributed by atoms with Crippen molar-refractivity contribution in [3.63, 3.8) is 0 Å². The maximum Gasteiger partial charge on any atom is 0.273 e. The molecule has 1 atom stereocenters. The molecule has 3 aliphatic heterocycles. The van der Waals surface area contributed by atoms with Gasteiger partial charge in [0.25, 0.3) is 5.91 Å². The van der Waals surface area contributed by atoms with E-state index in [0.29, 0.717) is 57.0 Å². The molecule has 2 saturated heterocycles. The molecule has 198 valence electrons. The minimum Gasteiger partial charge on any atom is -0.494 e. The number of nitrogens with zero attached hydrogens (tertiary/aromatic N) is 6.